The molecule has 1 heterocycles. The molecular weight excluding hydrogens is 252 g/mol. The molecular formula is C16H24N2O2. The highest BCUT2D eigenvalue weighted by Crippen LogP contribution is 2.18. The van der Waals surface area contributed by atoms with Crippen LogP contribution in [0.3, 0.4) is 0 Å². The Morgan fingerprint density at radius 3 is 2.85 bits per heavy atom. The van der Waals surface area contributed by atoms with Crippen molar-refractivity contribution in [3.63, 3.8) is 0 Å². The SMILES string of the molecule is CC1CCN(C(=O)Nc2cccc(CCCO)c2)CC1. The minimum absolute atomic E-state index is 0.00351. The lowest BCUT2D eigenvalue weighted by molar-refractivity contribution is 0.186. The molecule has 0 spiro atoms. The lowest BCUT2D eigenvalue weighted by Crippen LogP contribution is -2.40. The number of aryl methyl sites for hydroxylation is 1. The van der Waals surface area contributed by atoms with E-state index in [1.54, 1.807) is 0 Å². The van der Waals surface area contributed by atoms with E-state index in [4.69, 9.17) is 5.11 Å². The van der Waals surface area contributed by atoms with Gasteiger partial charge in [0.25, 0.3) is 0 Å². The first-order valence-corrected chi connectivity index (χ1v) is 7.45. The highest BCUT2D eigenvalue weighted by Gasteiger charge is 2.20. The number of rotatable bonds is 4. The summed E-state index contributed by atoms with van der Waals surface area (Å²) in [6.45, 7) is 4.12. The molecule has 110 valence electrons. The fraction of sp³-hybridized carbons (Fsp3) is 0.562. The molecule has 1 aliphatic rings. The van der Waals surface area contributed by atoms with Gasteiger partial charge < -0.3 is 15.3 Å². The molecule has 1 aromatic rings. The number of carbonyl (C=O) groups excluding carboxylic acids is 1. The summed E-state index contributed by atoms with van der Waals surface area (Å²) in [7, 11) is 0. The molecule has 0 saturated carbocycles. The van der Waals surface area contributed by atoms with Gasteiger partial charge in [0, 0.05) is 25.4 Å². The molecule has 4 nitrogen and oxygen atoms in total. The number of hydrogen-bond acceptors (Lipinski definition) is 2. The Balaban J connectivity index is 1.90. The smallest absolute Gasteiger partial charge is 0.321 e. The topological polar surface area (TPSA) is 52.6 Å². The summed E-state index contributed by atoms with van der Waals surface area (Å²) in [4.78, 5) is 14.1. The van der Waals surface area contributed by atoms with Crippen molar-refractivity contribution in [2.45, 2.75) is 32.6 Å². The highest BCUT2D eigenvalue weighted by molar-refractivity contribution is 5.89. The quantitative estimate of drug-likeness (QED) is 0.888. The van der Waals surface area contributed by atoms with Crippen molar-refractivity contribution in [2.24, 2.45) is 5.92 Å². The number of aliphatic hydroxyl groups excluding tert-OH is 1. The van der Waals surface area contributed by atoms with E-state index in [1.807, 2.05) is 29.2 Å². The van der Waals surface area contributed by atoms with E-state index < -0.39 is 0 Å². The summed E-state index contributed by atoms with van der Waals surface area (Å²) in [5, 5.41) is 11.8. The molecule has 1 fully saturated rings. The first-order chi connectivity index (χ1) is 9.69. The largest absolute Gasteiger partial charge is 0.396 e. The third kappa shape index (κ3) is 4.23. The molecule has 1 aromatic carbocycles. The zero-order valence-electron chi connectivity index (χ0n) is 12.1. The maximum atomic E-state index is 12.2. The minimum Gasteiger partial charge on any atom is -0.396 e. The van der Waals surface area contributed by atoms with Crippen molar-refractivity contribution in [1.29, 1.82) is 0 Å². The number of piperidine rings is 1. The van der Waals surface area contributed by atoms with E-state index >= 15 is 0 Å². The number of amides is 2. The second-order valence-electron chi connectivity index (χ2n) is 5.63. The van der Waals surface area contributed by atoms with Crippen molar-refractivity contribution in [2.75, 3.05) is 25.0 Å². The zero-order valence-corrected chi connectivity index (χ0v) is 12.1. The standard InChI is InChI=1S/C16H24N2O2/c1-13-7-9-18(10-8-13)16(20)17-15-6-2-4-14(12-15)5-3-11-19/h2,4,6,12-13,19H,3,5,7-11H2,1H3,(H,17,20). The highest BCUT2D eigenvalue weighted by atomic mass is 16.2. The second kappa shape index (κ2) is 7.29. The van der Waals surface area contributed by atoms with Crippen molar-refractivity contribution in [1.82, 2.24) is 4.90 Å². The van der Waals surface area contributed by atoms with Gasteiger partial charge in [0.2, 0.25) is 0 Å². The van der Waals surface area contributed by atoms with Crippen LogP contribution in [0.25, 0.3) is 0 Å². The Bertz CT molecular complexity index is 440. The van der Waals surface area contributed by atoms with Gasteiger partial charge in [-0.1, -0.05) is 19.1 Å². The number of anilines is 1. The number of benzene rings is 1. The maximum absolute atomic E-state index is 12.2. The molecule has 0 radical (unpaired) electrons. The van der Waals surface area contributed by atoms with Gasteiger partial charge in [-0.25, -0.2) is 4.79 Å². The summed E-state index contributed by atoms with van der Waals surface area (Å²) in [5.41, 5.74) is 1.98. The number of aliphatic hydroxyl groups is 1. The Kier molecular flexibility index (Phi) is 5.41. The molecule has 1 saturated heterocycles. The molecule has 0 bridgehead atoms. The number of carbonyl (C=O) groups is 1. The monoisotopic (exact) mass is 276 g/mol. The third-order valence-corrected chi connectivity index (χ3v) is 3.87. The number of nitrogens with one attached hydrogen (secondary N) is 1. The maximum Gasteiger partial charge on any atom is 0.321 e. The Hall–Kier alpha value is -1.55. The average molecular weight is 276 g/mol. The molecule has 0 aromatic heterocycles. The summed E-state index contributed by atoms with van der Waals surface area (Å²) in [6, 6.07) is 7.86. The first-order valence-electron chi connectivity index (χ1n) is 7.45. The summed E-state index contributed by atoms with van der Waals surface area (Å²) < 4.78 is 0. The van der Waals surface area contributed by atoms with Gasteiger partial charge in [-0.2, -0.15) is 0 Å². The number of nitrogens with zero attached hydrogens (tertiary/aromatic N) is 1. The van der Waals surface area contributed by atoms with Gasteiger partial charge in [-0.3, -0.25) is 0 Å². The normalized spacial score (nSPS) is 16.2. The van der Waals surface area contributed by atoms with E-state index in [0.29, 0.717) is 0 Å². The molecule has 0 atom stereocenters. The molecule has 4 heteroatoms. The van der Waals surface area contributed by atoms with Crippen LogP contribution in [-0.4, -0.2) is 35.7 Å². The van der Waals surface area contributed by atoms with Gasteiger partial charge in [-0.15, -0.1) is 0 Å². The van der Waals surface area contributed by atoms with Crippen LogP contribution >= 0.6 is 0 Å². The van der Waals surface area contributed by atoms with Crippen molar-refractivity contribution < 1.29 is 9.90 Å². The van der Waals surface area contributed by atoms with Gasteiger partial charge >= 0.3 is 6.03 Å². The lowest BCUT2D eigenvalue weighted by atomic mass is 10.00. The number of hydrogen-bond donors (Lipinski definition) is 2. The summed E-state index contributed by atoms with van der Waals surface area (Å²) in [6.07, 6.45) is 3.76. The van der Waals surface area contributed by atoms with Crippen LogP contribution in [0.5, 0.6) is 0 Å². The van der Waals surface area contributed by atoms with Crippen molar-refractivity contribution in [3.8, 4) is 0 Å². The van der Waals surface area contributed by atoms with E-state index in [2.05, 4.69) is 12.2 Å². The van der Waals surface area contributed by atoms with Crippen LogP contribution in [-0.2, 0) is 6.42 Å². The predicted octanol–water partition coefficient (Wildman–Crippen LogP) is 2.88. The van der Waals surface area contributed by atoms with Gasteiger partial charge in [-0.05, 0) is 49.3 Å². The minimum atomic E-state index is -0.00351. The fourth-order valence-electron chi connectivity index (χ4n) is 2.50. The fourth-order valence-corrected chi connectivity index (χ4v) is 2.50. The van der Waals surface area contributed by atoms with Crippen LogP contribution in [0.15, 0.2) is 24.3 Å². The van der Waals surface area contributed by atoms with Crippen LogP contribution in [0.1, 0.15) is 31.7 Å². The van der Waals surface area contributed by atoms with E-state index in [-0.39, 0.29) is 12.6 Å². The van der Waals surface area contributed by atoms with Crippen LogP contribution in [0.2, 0.25) is 0 Å². The summed E-state index contributed by atoms with van der Waals surface area (Å²) in [5.74, 6) is 0.723. The van der Waals surface area contributed by atoms with E-state index in [0.717, 1.165) is 55.9 Å². The number of urea groups is 1. The molecule has 0 unspecified atom stereocenters. The molecule has 2 amide bonds. The van der Waals surface area contributed by atoms with Crippen molar-refractivity contribution >= 4 is 11.7 Å². The van der Waals surface area contributed by atoms with E-state index in [9.17, 15) is 4.79 Å². The van der Waals surface area contributed by atoms with E-state index in [1.165, 1.54) is 0 Å². The average Bonchev–Trinajstić information content (AvgIpc) is 2.46. The molecule has 1 aliphatic heterocycles. The summed E-state index contributed by atoms with van der Waals surface area (Å²) >= 11 is 0. The predicted molar refractivity (Wildman–Crippen MR) is 80.8 cm³/mol. The molecule has 2 N–H and O–H groups in total. The van der Waals surface area contributed by atoms with Crippen molar-refractivity contribution in [3.05, 3.63) is 29.8 Å². The van der Waals surface area contributed by atoms with Crippen LogP contribution < -0.4 is 5.32 Å². The second-order valence-corrected chi connectivity index (χ2v) is 5.63. The lowest BCUT2D eigenvalue weighted by Gasteiger charge is -2.30. The number of likely N-dealkylation sites (tertiary alicyclic amines) is 1. The molecule has 20 heavy (non-hydrogen) atoms. The Morgan fingerprint density at radius 1 is 1.40 bits per heavy atom. The molecule has 0 aliphatic carbocycles. The molecule has 2 rings (SSSR count). The van der Waals surface area contributed by atoms with Crippen LogP contribution in [0.4, 0.5) is 10.5 Å². The Morgan fingerprint density at radius 2 is 2.15 bits per heavy atom. The van der Waals surface area contributed by atoms with Crippen LogP contribution in [0, 0.1) is 5.92 Å². The van der Waals surface area contributed by atoms with Gasteiger partial charge in [0.1, 0.15) is 0 Å². The van der Waals surface area contributed by atoms with Gasteiger partial charge in [0.15, 0.2) is 0 Å². The third-order valence-electron chi connectivity index (χ3n) is 3.87. The zero-order chi connectivity index (χ0) is 14.4. The first kappa shape index (κ1) is 14.9. The Labute approximate surface area is 120 Å². The van der Waals surface area contributed by atoms with Gasteiger partial charge in [0.05, 0.1) is 0 Å².